The second kappa shape index (κ2) is 6.85. The molecule has 2 aromatic rings. The summed E-state index contributed by atoms with van der Waals surface area (Å²) in [7, 11) is 0. The highest BCUT2D eigenvalue weighted by atomic mass is 16.5. The van der Waals surface area contributed by atoms with Gasteiger partial charge in [0.25, 0.3) is 5.91 Å². The van der Waals surface area contributed by atoms with Crippen LogP contribution in [0.15, 0.2) is 24.4 Å². The minimum absolute atomic E-state index is 0.308. The predicted molar refractivity (Wildman–Crippen MR) is 107 cm³/mol. The third-order valence-electron chi connectivity index (χ3n) is 5.56. The average molecular weight is 380 g/mol. The van der Waals surface area contributed by atoms with E-state index < -0.39 is 5.91 Å². The second-order valence-corrected chi connectivity index (χ2v) is 7.70. The van der Waals surface area contributed by atoms with E-state index in [1.165, 1.54) is 25.5 Å². The Hall–Kier alpha value is -3.03. The zero-order valence-corrected chi connectivity index (χ0v) is 15.6. The zero-order valence-electron chi connectivity index (χ0n) is 15.6. The van der Waals surface area contributed by atoms with Gasteiger partial charge in [-0.2, -0.15) is 4.98 Å². The lowest BCUT2D eigenvalue weighted by Crippen LogP contribution is -2.46. The van der Waals surface area contributed by atoms with Crippen molar-refractivity contribution in [2.24, 2.45) is 5.73 Å². The van der Waals surface area contributed by atoms with E-state index in [-0.39, 0.29) is 0 Å². The summed E-state index contributed by atoms with van der Waals surface area (Å²) in [5.41, 5.74) is 7.75. The van der Waals surface area contributed by atoms with Gasteiger partial charge in [0.2, 0.25) is 5.95 Å². The van der Waals surface area contributed by atoms with Crippen molar-refractivity contribution in [3.63, 3.8) is 0 Å². The van der Waals surface area contributed by atoms with Crippen LogP contribution in [0.4, 0.5) is 23.1 Å². The van der Waals surface area contributed by atoms with Crippen molar-refractivity contribution in [1.29, 1.82) is 0 Å². The number of piperidine rings is 1. The topological polar surface area (TPSA) is 105 Å². The van der Waals surface area contributed by atoms with Crippen LogP contribution in [0.3, 0.4) is 0 Å². The Morgan fingerprint density at radius 2 is 2.14 bits per heavy atom. The Morgan fingerprint density at radius 3 is 2.96 bits per heavy atom. The lowest BCUT2D eigenvalue weighted by molar-refractivity contribution is 0.100. The summed E-state index contributed by atoms with van der Waals surface area (Å²) in [6.07, 6.45) is 7.31. The van der Waals surface area contributed by atoms with Crippen molar-refractivity contribution >= 4 is 29.0 Å². The maximum Gasteiger partial charge on any atom is 0.254 e. The number of carbonyl (C=O) groups is 1. The Balaban J connectivity index is 1.38. The number of rotatable bonds is 5. The molecule has 3 heterocycles. The molecule has 1 saturated heterocycles. The molecule has 8 heteroatoms. The van der Waals surface area contributed by atoms with Gasteiger partial charge in [0.05, 0.1) is 17.3 Å². The van der Waals surface area contributed by atoms with Gasteiger partial charge < -0.3 is 26.0 Å². The number of amides is 1. The fraction of sp³-hybridized carbons (Fsp3) is 0.450. The van der Waals surface area contributed by atoms with E-state index >= 15 is 0 Å². The van der Waals surface area contributed by atoms with Crippen LogP contribution < -0.4 is 26.0 Å². The number of primary amides is 1. The Labute approximate surface area is 163 Å². The zero-order chi connectivity index (χ0) is 19.1. The molecule has 146 valence electrons. The third kappa shape index (κ3) is 3.30. The van der Waals surface area contributed by atoms with Crippen molar-refractivity contribution in [2.45, 2.75) is 44.2 Å². The number of benzene rings is 1. The van der Waals surface area contributed by atoms with E-state index in [4.69, 9.17) is 10.5 Å². The number of fused-ring (bicyclic) bond motifs is 3. The SMILES string of the molecule is NC(=O)c1cnc(Nc2ccc3c(c2)OCC2CCCCN32)nc1NC1CC1. The smallest absolute Gasteiger partial charge is 0.254 e. The summed E-state index contributed by atoms with van der Waals surface area (Å²) in [5, 5.41) is 6.46. The largest absolute Gasteiger partial charge is 0.489 e. The first-order chi connectivity index (χ1) is 13.7. The standard InChI is InChI=1S/C20H24N6O2/c21-18(27)15-10-22-20(25-19(15)23-12-4-5-12)24-13-6-7-16-17(9-13)28-11-14-3-1-2-8-26(14)16/h6-7,9-10,12,14H,1-5,8,11H2,(H2,21,27)(H2,22,23,24,25). The second-order valence-electron chi connectivity index (χ2n) is 7.70. The molecular weight excluding hydrogens is 356 g/mol. The first-order valence-electron chi connectivity index (χ1n) is 9.91. The molecule has 28 heavy (non-hydrogen) atoms. The molecule has 0 bridgehead atoms. The van der Waals surface area contributed by atoms with Crippen molar-refractivity contribution in [3.8, 4) is 5.75 Å². The van der Waals surface area contributed by atoms with E-state index in [1.54, 1.807) is 0 Å². The van der Waals surface area contributed by atoms with Crippen LogP contribution in [0.5, 0.6) is 5.75 Å². The van der Waals surface area contributed by atoms with Crippen LogP contribution in [0, 0.1) is 0 Å². The number of aromatic nitrogens is 2. The molecule has 5 rings (SSSR count). The molecule has 3 aliphatic rings. The van der Waals surface area contributed by atoms with E-state index in [1.807, 2.05) is 12.1 Å². The molecule has 1 aromatic carbocycles. The van der Waals surface area contributed by atoms with Gasteiger partial charge in [0, 0.05) is 30.5 Å². The molecular formula is C20H24N6O2. The maximum atomic E-state index is 11.6. The lowest BCUT2D eigenvalue weighted by Gasteiger charge is -2.41. The fourth-order valence-corrected chi connectivity index (χ4v) is 3.90. The Kier molecular flexibility index (Phi) is 4.18. The quantitative estimate of drug-likeness (QED) is 0.732. The monoisotopic (exact) mass is 380 g/mol. The molecule has 0 spiro atoms. The summed E-state index contributed by atoms with van der Waals surface area (Å²) >= 11 is 0. The summed E-state index contributed by atoms with van der Waals surface area (Å²) in [4.78, 5) is 22.8. The molecule has 1 atom stereocenters. The van der Waals surface area contributed by atoms with Crippen LogP contribution in [-0.2, 0) is 0 Å². The van der Waals surface area contributed by atoms with Crippen LogP contribution >= 0.6 is 0 Å². The number of nitrogens with zero attached hydrogens (tertiary/aromatic N) is 3. The van der Waals surface area contributed by atoms with Gasteiger partial charge in [-0.25, -0.2) is 4.98 Å². The predicted octanol–water partition coefficient (Wildman–Crippen LogP) is 2.64. The highest BCUT2D eigenvalue weighted by Crippen LogP contribution is 2.39. The van der Waals surface area contributed by atoms with Gasteiger partial charge >= 0.3 is 0 Å². The molecule has 1 saturated carbocycles. The van der Waals surface area contributed by atoms with E-state index in [2.05, 4.69) is 31.6 Å². The van der Waals surface area contributed by atoms with Crippen molar-refractivity contribution in [3.05, 3.63) is 30.0 Å². The minimum atomic E-state index is -0.534. The summed E-state index contributed by atoms with van der Waals surface area (Å²) in [6, 6.07) is 6.94. The highest BCUT2D eigenvalue weighted by molar-refractivity contribution is 5.97. The summed E-state index contributed by atoms with van der Waals surface area (Å²) < 4.78 is 6.01. The number of carbonyl (C=O) groups excluding carboxylic acids is 1. The molecule has 1 aliphatic carbocycles. The van der Waals surface area contributed by atoms with Crippen molar-refractivity contribution in [1.82, 2.24) is 9.97 Å². The van der Waals surface area contributed by atoms with E-state index in [9.17, 15) is 4.79 Å². The van der Waals surface area contributed by atoms with Gasteiger partial charge in [0.1, 0.15) is 18.2 Å². The first kappa shape index (κ1) is 17.1. The van der Waals surface area contributed by atoms with Crippen molar-refractivity contribution in [2.75, 3.05) is 28.7 Å². The Morgan fingerprint density at radius 1 is 1.25 bits per heavy atom. The van der Waals surface area contributed by atoms with E-state index in [0.717, 1.165) is 43.1 Å². The Bertz CT molecular complexity index is 914. The number of nitrogens with two attached hydrogens (primary N) is 1. The minimum Gasteiger partial charge on any atom is -0.489 e. The van der Waals surface area contributed by atoms with Gasteiger partial charge in [-0.15, -0.1) is 0 Å². The molecule has 2 fully saturated rings. The molecule has 1 unspecified atom stereocenters. The molecule has 1 aromatic heterocycles. The summed E-state index contributed by atoms with van der Waals surface area (Å²) in [5.74, 6) is 1.25. The van der Waals surface area contributed by atoms with Gasteiger partial charge in [-0.1, -0.05) is 0 Å². The van der Waals surface area contributed by atoms with Gasteiger partial charge in [-0.3, -0.25) is 4.79 Å². The molecule has 8 nitrogen and oxygen atoms in total. The molecule has 2 aliphatic heterocycles. The fourth-order valence-electron chi connectivity index (χ4n) is 3.90. The third-order valence-corrected chi connectivity index (χ3v) is 5.56. The number of nitrogens with one attached hydrogen (secondary N) is 2. The lowest BCUT2D eigenvalue weighted by atomic mass is 10.00. The molecule has 4 N–H and O–H groups in total. The number of ether oxygens (including phenoxy) is 1. The van der Waals surface area contributed by atoms with Gasteiger partial charge in [0.15, 0.2) is 0 Å². The van der Waals surface area contributed by atoms with Crippen LogP contribution in [0.2, 0.25) is 0 Å². The van der Waals surface area contributed by atoms with Crippen molar-refractivity contribution < 1.29 is 9.53 Å². The van der Waals surface area contributed by atoms with Crippen LogP contribution in [0.25, 0.3) is 0 Å². The number of hydrogen-bond donors (Lipinski definition) is 3. The normalized spacial score (nSPS) is 20.6. The number of hydrogen-bond acceptors (Lipinski definition) is 7. The average Bonchev–Trinajstić information content (AvgIpc) is 3.52. The molecule has 1 amide bonds. The van der Waals surface area contributed by atoms with Gasteiger partial charge in [-0.05, 0) is 44.2 Å². The highest BCUT2D eigenvalue weighted by Gasteiger charge is 2.30. The van der Waals surface area contributed by atoms with Crippen LogP contribution in [-0.4, -0.2) is 41.1 Å². The van der Waals surface area contributed by atoms with E-state index in [0.29, 0.717) is 29.4 Å². The number of anilines is 4. The maximum absolute atomic E-state index is 11.6. The van der Waals surface area contributed by atoms with Crippen LogP contribution in [0.1, 0.15) is 42.5 Å². The molecule has 0 radical (unpaired) electrons. The first-order valence-corrected chi connectivity index (χ1v) is 9.91. The summed E-state index contributed by atoms with van der Waals surface area (Å²) in [6.45, 7) is 1.82.